The molecular weight excluding hydrogens is 257 g/mol. The number of nitrogens with zero attached hydrogens (tertiary/aromatic N) is 1. The fourth-order valence-electron chi connectivity index (χ4n) is 2.48. The molecule has 0 heterocycles. The van der Waals surface area contributed by atoms with Crippen LogP contribution >= 0.6 is 23.2 Å². The van der Waals surface area contributed by atoms with E-state index in [1.54, 1.807) is 12.1 Å². The summed E-state index contributed by atoms with van der Waals surface area (Å²) in [5.74, 6) is 0.154. The number of rotatable bonds is 3. The van der Waals surface area contributed by atoms with E-state index in [1.165, 1.54) is 25.7 Å². The standard InChI is InChI=1S/C13H17Cl2NO/c1-16(11-4-2-3-5-11)8-9-6-10(14)7-12(15)13(9)17/h6-7,11,17H,2-5,8H2,1H3. The van der Waals surface area contributed by atoms with Gasteiger partial charge in [0.05, 0.1) is 5.02 Å². The molecule has 2 nitrogen and oxygen atoms in total. The molecule has 0 spiro atoms. The molecule has 17 heavy (non-hydrogen) atoms. The molecule has 1 N–H and O–H groups in total. The van der Waals surface area contributed by atoms with Crippen LogP contribution in [0.4, 0.5) is 0 Å². The van der Waals surface area contributed by atoms with Crippen molar-refractivity contribution in [3.8, 4) is 5.75 Å². The number of halogens is 2. The van der Waals surface area contributed by atoms with E-state index in [9.17, 15) is 5.11 Å². The Hall–Kier alpha value is -0.440. The predicted molar refractivity (Wildman–Crippen MR) is 71.8 cm³/mol. The fourth-order valence-corrected chi connectivity index (χ4v) is 3.02. The van der Waals surface area contributed by atoms with Gasteiger partial charge in [0, 0.05) is 23.2 Å². The third-order valence-electron chi connectivity index (χ3n) is 3.47. The number of phenols is 1. The highest BCUT2D eigenvalue weighted by atomic mass is 35.5. The monoisotopic (exact) mass is 273 g/mol. The van der Waals surface area contributed by atoms with Gasteiger partial charge in [0.15, 0.2) is 0 Å². The molecule has 94 valence electrons. The van der Waals surface area contributed by atoms with E-state index in [2.05, 4.69) is 11.9 Å². The van der Waals surface area contributed by atoms with Crippen LogP contribution in [0.25, 0.3) is 0 Å². The van der Waals surface area contributed by atoms with Crippen LogP contribution in [0.3, 0.4) is 0 Å². The third-order valence-corrected chi connectivity index (χ3v) is 3.98. The second-order valence-electron chi connectivity index (χ2n) is 4.75. The van der Waals surface area contributed by atoms with E-state index in [-0.39, 0.29) is 5.75 Å². The molecule has 0 saturated heterocycles. The minimum absolute atomic E-state index is 0.154. The van der Waals surface area contributed by atoms with E-state index in [4.69, 9.17) is 23.2 Å². The minimum Gasteiger partial charge on any atom is -0.506 e. The van der Waals surface area contributed by atoms with E-state index >= 15 is 0 Å². The van der Waals surface area contributed by atoms with Crippen molar-refractivity contribution < 1.29 is 5.11 Å². The summed E-state index contributed by atoms with van der Waals surface area (Å²) in [5, 5.41) is 10.8. The van der Waals surface area contributed by atoms with Crippen LogP contribution < -0.4 is 0 Å². The molecule has 1 aliphatic carbocycles. The van der Waals surface area contributed by atoms with Crippen LogP contribution in [0.2, 0.25) is 10.0 Å². The van der Waals surface area contributed by atoms with Crippen LogP contribution in [0.1, 0.15) is 31.2 Å². The molecular formula is C13H17Cl2NO. The molecule has 1 aliphatic rings. The Morgan fingerprint density at radius 3 is 2.59 bits per heavy atom. The zero-order valence-corrected chi connectivity index (χ0v) is 11.4. The lowest BCUT2D eigenvalue weighted by Crippen LogP contribution is -2.28. The first-order chi connectivity index (χ1) is 8.08. The quantitative estimate of drug-likeness (QED) is 0.898. The average Bonchev–Trinajstić information content (AvgIpc) is 2.78. The Bertz CT molecular complexity index is 403. The highest BCUT2D eigenvalue weighted by molar-refractivity contribution is 6.35. The van der Waals surface area contributed by atoms with Crippen molar-refractivity contribution in [3.05, 3.63) is 27.7 Å². The molecule has 0 unspecified atom stereocenters. The van der Waals surface area contributed by atoms with Crippen LogP contribution in [0, 0.1) is 0 Å². The van der Waals surface area contributed by atoms with Gasteiger partial charge in [0.1, 0.15) is 5.75 Å². The van der Waals surface area contributed by atoms with Crippen LogP contribution in [-0.4, -0.2) is 23.1 Å². The fraction of sp³-hybridized carbons (Fsp3) is 0.538. The van der Waals surface area contributed by atoms with Crippen LogP contribution in [0.5, 0.6) is 5.75 Å². The number of phenolic OH excluding ortho intramolecular Hbond substituents is 1. The van der Waals surface area contributed by atoms with Gasteiger partial charge in [0.2, 0.25) is 0 Å². The predicted octanol–water partition coefficient (Wildman–Crippen LogP) is 4.07. The molecule has 0 amide bonds. The molecule has 4 heteroatoms. The van der Waals surface area contributed by atoms with Gasteiger partial charge < -0.3 is 5.11 Å². The molecule has 1 fully saturated rings. The number of benzene rings is 1. The smallest absolute Gasteiger partial charge is 0.138 e. The molecule has 2 rings (SSSR count). The molecule has 0 bridgehead atoms. The van der Waals surface area contributed by atoms with Gasteiger partial charge in [-0.05, 0) is 32.0 Å². The molecule has 0 atom stereocenters. The molecule has 1 aromatic carbocycles. The summed E-state index contributed by atoms with van der Waals surface area (Å²) >= 11 is 11.9. The maximum Gasteiger partial charge on any atom is 0.138 e. The first-order valence-electron chi connectivity index (χ1n) is 5.95. The van der Waals surface area contributed by atoms with Crippen molar-refractivity contribution in [2.75, 3.05) is 7.05 Å². The van der Waals surface area contributed by atoms with Crippen molar-refractivity contribution >= 4 is 23.2 Å². The summed E-state index contributed by atoms with van der Waals surface area (Å²) in [6.45, 7) is 0.691. The maximum atomic E-state index is 9.90. The second kappa shape index (κ2) is 5.47. The highest BCUT2D eigenvalue weighted by Crippen LogP contribution is 2.33. The van der Waals surface area contributed by atoms with Gasteiger partial charge in [-0.15, -0.1) is 0 Å². The summed E-state index contributed by atoms with van der Waals surface area (Å²) in [4.78, 5) is 2.27. The second-order valence-corrected chi connectivity index (χ2v) is 5.59. The Labute approximate surface area is 112 Å². The zero-order chi connectivity index (χ0) is 12.4. The van der Waals surface area contributed by atoms with E-state index in [1.807, 2.05) is 0 Å². The van der Waals surface area contributed by atoms with Crippen molar-refractivity contribution in [1.82, 2.24) is 4.90 Å². The van der Waals surface area contributed by atoms with Gasteiger partial charge in [-0.3, -0.25) is 4.90 Å². The van der Waals surface area contributed by atoms with Crippen LogP contribution in [0.15, 0.2) is 12.1 Å². The Balaban J connectivity index is 2.12. The normalized spacial score (nSPS) is 16.9. The first kappa shape index (κ1) is 13.0. The summed E-state index contributed by atoms with van der Waals surface area (Å²) in [5.41, 5.74) is 0.803. The topological polar surface area (TPSA) is 23.5 Å². The number of hydrogen-bond acceptors (Lipinski definition) is 2. The molecule has 1 aromatic rings. The number of aromatic hydroxyl groups is 1. The summed E-state index contributed by atoms with van der Waals surface area (Å²) in [6, 6.07) is 3.97. The van der Waals surface area contributed by atoms with Crippen molar-refractivity contribution in [1.29, 1.82) is 0 Å². The Morgan fingerprint density at radius 2 is 1.94 bits per heavy atom. The van der Waals surface area contributed by atoms with Crippen LogP contribution in [-0.2, 0) is 6.54 Å². The molecule has 0 aromatic heterocycles. The Kier molecular flexibility index (Phi) is 4.18. The lowest BCUT2D eigenvalue weighted by molar-refractivity contribution is 0.234. The maximum absolute atomic E-state index is 9.90. The molecule has 1 saturated carbocycles. The van der Waals surface area contributed by atoms with Crippen molar-refractivity contribution in [2.45, 2.75) is 38.3 Å². The van der Waals surface area contributed by atoms with Crippen molar-refractivity contribution in [3.63, 3.8) is 0 Å². The summed E-state index contributed by atoms with van der Waals surface area (Å²) in [7, 11) is 2.09. The van der Waals surface area contributed by atoms with Gasteiger partial charge in [-0.1, -0.05) is 36.0 Å². The third kappa shape index (κ3) is 3.06. The van der Waals surface area contributed by atoms with E-state index in [0.717, 1.165) is 5.56 Å². The zero-order valence-electron chi connectivity index (χ0n) is 9.92. The first-order valence-corrected chi connectivity index (χ1v) is 6.70. The van der Waals surface area contributed by atoms with Gasteiger partial charge in [-0.2, -0.15) is 0 Å². The largest absolute Gasteiger partial charge is 0.506 e. The van der Waals surface area contributed by atoms with E-state index in [0.29, 0.717) is 22.6 Å². The van der Waals surface area contributed by atoms with Gasteiger partial charge in [0.25, 0.3) is 0 Å². The van der Waals surface area contributed by atoms with Gasteiger partial charge >= 0.3 is 0 Å². The van der Waals surface area contributed by atoms with Gasteiger partial charge in [-0.25, -0.2) is 0 Å². The lowest BCUT2D eigenvalue weighted by Gasteiger charge is -2.24. The van der Waals surface area contributed by atoms with Crippen molar-refractivity contribution in [2.24, 2.45) is 0 Å². The minimum atomic E-state index is 0.154. The molecule has 0 aliphatic heterocycles. The summed E-state index contributed by atoms with van der Waals surface area (Å²) in [6.07, 6.45) is 5.09. The SMILES string of the molecule is CN(Cc1cc(Cl)cc(Cl)c1O)C1CCCC1. The van der Waals surface area contributed by atoms with E-state index < -0.39 is 0 Å². The number of hydrogen-bond donors (Lipinski definition) is 1. The highest BCUT2D eigenvalue weighted by Gasteiger charge is 2.20. The Morgan fingerprint density at radius 1 is 1.29 bits per heavy atom. The lowest BCUT2D eigenvalue weighted by atomic mass is 10.1. The summed E-state index contributed by atoms with van der Waals surface area (Å²) < 4.78 is 0. The average molecular weight is 274 g/mol. The molecule has 0 radical (unpaired) electrons.